The van der Waals surface area contributed by atoms with Crippen molar-refractivity contribution < 1.29 is 19.2 Å². The fraction of sp³-hybridized carbons (Fsp3) is 0.273. The Morgan fingerprint density at radius 1 is 1.44 bits per heavy atom. The predicted molar refractivity (Wildman–Crippen MR) is 63.1 cm³/mol. The largest absolute Gasteiger partial charge is 0.459 e. The van der Waals surface area contributed by atoms with Crippen LogP contribution in [0.15, 0.2) is 18.2 Å². The van der Waals surface area contributed by atoms with Gasteiger partial charge in [-0.05, 0) is 25.5 Å². The topological polar surface area (TPSA) is 98.5 Å². The van der Waals surface area contributed by atoms with Crippen molar-refractivity contribution in [3.05, 3.63) is 33.9 Å². The maximum absolute atomic E-state index is 11.4. The summed E-state index contributed by atoms with van der Waals surface area (Å²) in [5, 5.41) is 12.9. The Hall–Kier alpha value is -2.44. The molecule has 1 rings (SSSR count). The number of carbonyl (C=O) groups excluding carboxylic acids is 2. The van der Waals surface area contributed by atoms with Crippen LogP contribution in [0, 0.1) is 17.0 Å². The molecular formula is C11H12N2O5. The number of rotatable bonds is 3. The lowest BCUT2D eigenvalue weighted by molar-refractivity contribution is -0.383. The highest BCUT2D eigenvalue weighted by Crippen LogP contribution is 2.25. The van der Waals surface area contributed by atoms with Crippen LogP contribution in [-0.2, 0) is 14.3 Å². The first-order valence-electron chi connectivity index (χ1n) is 5.18. The summed E-state index contributed by atoms with van der Waals surface area (Å²) in [6, 6.07) is 4.21. The van der Waals surface area contributed by atoms with Gasteiger partial charge in [0.25, 0.3) is 5.69 Å². The fourth-order valence-electron chi connectivity index (χ4n) is 1.28. The van der Waals surface area contributed by atoms with E-state index >= 15 is 0 Å². The van der Waals surface area contributed by atoms with Crippen LogP contribution in [0.5, 0.6) is 0 Å². The lowest BCUT2D eigenvalue weighted by Gasteiger charge is -2.06. The van der Waals surface area contributed by atoms with Crippen molar-refractivity contribution in [1.29, 1.82) is 0 Å². The number of ether oxygens (including phenoxy) is 1. The van der Waals surface area contributed by atoms with Crippen molar-refractivity contribution in [3.8, 4) is 0 Å². The Morgan fingerprint density at radius 3 is 2.67 bits per heavy atom. The van der Waals surface area contributed by atoms with Crippen LogP contribution in [-0.4, -0.2) is 23.4 Å². The van der Waals surface area contributed by atoms with E-state index in [0.717, 1.165) is 5.56 Å². The number of carbonyl (C=O) groups is 2. The van der Waals surface area contributed by atoms with Crippen molar-refractivity contribution in [2.45, 2.75) is 13.8 Å². The Labute approximate surface area is 103 Å². The second-order valence-corrected chi connectivity index (χ2v) is 3.45. The number of nitro groups is 1. The predicted octanol–water partition coefficient (Wildman–Crippen LogP) is 1.40. The number of aryl methyl sites for hydroxylation is 1. The lowest BCUT2D eigenvalue weighted by atomic mass is 10.2. The minimum absolute atomic E-state index is 0.0296. The lowest BCUT2D eigenvalue weighted by Crippen LogP contribution is -2.25. The van der Waals surface area contributed by atoms with Gasteiger partial charge in [-0.15, -0.1) is 0 Å². The molecule has 0 saturated heterocycles. The molecule has 0 aliphatic heterocycles. The van der Waals surface area contributed by atoms with Gasteiger partial charge in [0.05, 0.1) is 11.5 Å². The first-order chi connectivity index (χ1) is 8.45. The number of benzene rings is 1. The molecule has 0 bridgehead atoms. The zero-order chi connectivity index (χ0) is 13.7. The molecule has 0 spiro atoms. The molecule has 0 aliphatic rings. The van der Waals surface area contributed by atoms with E-state index in [1.807, 2.05) is 0 Å². The molecule has 0 radical (unpaired) electrons. The van der Waals surface area contributed by atoms with Crippen LogP contribution in [0.3, 0.4) is 0 Å². The maximum Gasteiger partial charge on any atom is 0.397 e. The summed E-state index contributed by atoms with van der Waals surface area (Å²) in [6.07, 6.45) is 0. The average Bonchev–Trinajstić information content (AvgIpc) is 2.28. The summed E-state index contributed by atoms with van der Waals surface area (Å²) in [4.78, 5) is 32.6. The second kappa shape index (κ2) is 5.76. The van der Waals surface area contributed by atoms with E-state index in [0.29, 0.717) is 0 Å². The van der Waals surface area contributed by atoms with Crippen LogP contribution in [0.2, 0.25) is 0 Å². The third kappa shape index (κ3) is 3.27. The highest BCUT2D eigenvalue weighted by Gasteiger charge is 2.20. The van der Waals surface area contributed by atoms with E-state index in [9.17, 15) is 19.7 Å². The van der Waals surface area contributed by atoms with E-state index in [2.05, 4.69) is 10.1 Å². The second-order valence-electron chi connectivity index (χ2n) is 3.45. The highest BCUT2D eigenvalue weighted by atomic mass is 16.6. The molecule has 18 heavy (non-hydrogen) atoms. The van der Waals surface area contributed by atoms with E-state index in [1.165, 1.54) is 18.2 Å². The minimum Gasteiger partial charge on any atom is -0.459 e. The Morgan fingerprint density at radius 2 is 2.11 bits per heavy atom. The normalized spacial score (nSPS) is 9.67. The summed E-state index contributed by atoms with van der Waals surface area (Å²) in [5.74, 6) is -2.11. The van der Waals surface area contributed by atoms with E-state index in [-0.39, 0.29) is 18.0 Å². The zero-order valence-corrected chi connectivity index (χ0v) is 9.93. The van der Waals surface area contributed by atoms with Crippen molar-refractivity contribution >= 4 is 23.3 Å². The van der Waals surface area contributed by atoms with E-state index in [1.54, 1.807) is 13.8 Å². The van der Waals surface area contributed by atoms with Gasteiger partial charge in [-0.25, -0.2) is 4.79 Å². The van der Waals surface area contributed by atoms with E-state index < -0.39 is 16.8 Å². The molecule has 0 saturated carbocycles. The number of nitro benzene ring substituents is 1. The summed E-state index contributed by atoms with van der Waals surface area (Å²) >= 11 is 0. The van der Waals surface area contributed by atoms with Gasteiger partial charge in [0.15, 0.2) is 0 Å². The molecule has 0 fully saturated rings. The standard InChI is InChI=1S/C11H12N2O5/c1-3-18-11(15)10(14)12-8-6-7(2)4-5-9(8)13(16)17/h4-6H,3H2,1-2H3,(H,12,14). The number of hydrogen-bond acceptors (Lipinski definition) is 5. The Bertz CT molecular complexity index is 498. The monoisotopic (exact) mass is 252 g/mol. The smallest absolute Gasteiger partial charge is 0.397 e. The molecule has 7 heteroatoms. The molecule has 0 aliphatic carbocycles. The van der Waals surface area contributed by atoms with Crippen LogP contribution >= 0.6 is 0 Å². The molecule has 0 aromatic heterocycles. The van der Waals surface area contributed by atoms with Crippen molar-refractivity contribution in [2.75, 3.05) is 11.9 Å². The van der Waals surface area contributed by atoms with E-state index in [4.69, 9.17) is 0 Å². The van der Waals surface area contributed by atoms with Crippen molar-refractivity contribution in [3.63, 3.8) is 0 Å². The first kappa shape index (κ1) is 13.6. The highest BCUT2D eigenvalue weighted by molar-refractivity contribution is 6.37. The van der Waals surface area contributed by atoms with Gasteiger partial charge < -0.3 is 10.1 Å². The number of nitrogens with zero attached hydrogens (tertiary/aromatic N) is 1. The van der Waals surface area contributed by atoms with Gasteiger partial charge in [0, 0.05) is 6.07 Å². The number of hydrogen-bond donors (Lipinski definition) is 1. The van der Waals surface area contributed by atoms with Crippen LogP contribution < -0.4 is 5.32 Å². The van der Waals surface area contributed by atoms with Crippen LogP contribution in [0.4, 0.5) is 11.4 Å². The summed E-state index contributed by atoms with van der Waals surface area (Å²) in [5.41, 5.74) is 0.413. The summed E-state index contributed by atoms with van der Waals surface area (Å²) in [6.45, 7) is 3.33. The van der Waals surface area contributed by atoms with Crippen LogP contribution in [0.1, 0.15) is 12.5 Å². The van der Waals surface area contributed by atoms with Gasteiger partial charge in [-0.3, -0.25) is 14.9 Å². The molecule has 96 valence electrons. The molecule has 0 heterocycles. The molecular weight excluding hydrogens is 240 g/mol. The molecule has 1 aromatic carbocycles. The fourth-order valence-corrected chi connectivity index (χ4v) is 1.28. The molecule has 1 aromatic rings. The Kier molecular flexibility index (Phi) is 4.36. The molecule has 0 atom stereocenters. The summed E-state index contributed by atoms with van der Waals surface area (Å²) in [7, 11) is 0. The van der Waals surface area contributed by atoms with Crippen LogP contribution in [0.25, 0.3) is 0 Å². The molecule has 1 N–H and O–H groups in total. The third-order valence-electron chi connectivity index (χ3n) is 2.06. The first-order valence-corrected chi connectivity index (χ1v) is 5.18. The minimum atomic E-state index is -1.08. The number of esters is 1. The van der Waals surface area contributed by atoms with Gasteiger partial charge in [-0.1, -0.05) is 6.07 Å². The van der Waals surface area contributed by atoms with Gasteiger partial charge in [-0.2, -0.15) is 0 Å². The zero-order valence-electron chi connectivity index (χ0n) is 9.93. The third-order valence-corrected chi connectivity index (χ3v) is 2.06. The molecule has 0 unspecified atom stereocenters. The SMILES string of the molecule is CCOC(=O)C(=O)Nc1cc(C)ccc1[N+](=O)[O-]. The van der Waals surface area contributed by atoms with Gasteiger partial charge >= 0.3 is 11.9 Å². The van der Waals surface area contributed by atoms with Crippen molar-refractivity contribution in [2.24, 2.45) is 0 Å². The van der Waals surface area contributed by atoms with Crippen molar-refractivity contribution in [1.82, 2.24) is 0 Å². The number of nitrogens with one attached hydrogen (secondary N) is 1. The Balaban J connectivity index is 2.96. The maximum atomic E-state index is 11.4. The van der Waals surface area contributed by atoms with Gasteiger partial charge in [0.1, 0.15) is 5.69 Å². The number of amides is 1. The van der Waals surface area contributed by atoms with Gasteiger partial charge in [0.2, 0.25) is 0 Å². The summed E-state index contributed by atoms with van der Waals surface area (Å²) < 4.78 is 4.49. The molecule has 7 nitrogen and oxygen atoms in total. The number of anilines is 1. The average molecular weight is 252 g/mol. The molecule has 1 amide bonds. The quantitative estimate of drug-likeness (QED) is 0.379.